The minimum atomic E-state index is -1.80. The van der Waals surface area contributed by atoms with Gasteiger partial charge in [0.05, 0.1) is 6.61 Å². The van der Waals surface area contributed by atoms with Crippen LogP contribution in [0.15, 0.2) is 0 Å². The molecule has 84 valence electrons. The lowest BCUT2D eigenvalue weighted by atomic mass is 10.0. The summed E-state index contributed by atoms with van der Waals surface area (Å²) in [6.45, 7) is 1.38. The third-order valence-electron chi connectivity index (χ3n) is 2.13. The van der Waals surface area contributed by atoms with Gasteiger partial charge < -0.3 is 24.8 Å². The lowest BCUT2D eigenvalue weighted by Gasteiger charge is -2.38. The van der Waals surface area contributed by atoms with Gasteiger partial charge >= 0.3 is 0 Å². The molecule has 5 nitrogen and oxygen atoms in total. The zero-order chi connectivity index (χ0) is 10.7. The zero-order valence-electron chi connectivity index (χ0n) is 7.84. The molecule has 1 unspecified atom stereocenters. The number of ether oxygens (including phenoxy) is 2. The van der Waals surface area contributed by atoms with Gasteiger partial charge in [0.25, 0.3) is 0 Å². The second-order valence-corrected chi connectivity index (χ2v) is 3.11. The van der Waals surface area contributed by atoms with E-state index in [0.29, 0.717) is 0 Å². The van der Waals surface area contributed by atoms with Gasteiger partial charge in [-0.3, -0.25) is 0 Å². The number of aliphatic hydroxyl groups excluding tert-OH is 3. The first-order valence-corrected chi connectivity index (χ1v) is 4.50. The smallest absolute Gasteiger partial charge is 0.186 e. The summed E-state index contributed by atoms with van der Waals surface area (Å²) in [7, 11) is 0. The minimum absolute atomic E-state index is 0.267. The van der Waals surface area contributed by atoms with E-state index in [0.717, 1.165) is 0 Å². The SMILES string of the molecule is CCOC1O[C@H](CO)[C@H]([18F])[C@H](O)[C@H]1O. The number of halogens is 1. The largest absolute Gasteiger partial charge is 0.394 e. The Labute approximate surface area is 81.1 Å². The third-order valence-corrected chi connectivity index (χ3v) is 2.13. The van der Waals surface area contributed by atoms with Gasteiger partial charge in [0.2, 0.25) is 0 Å². The highest BCUT2D eigenvalue weighted by atomic mass is 18.2. The molecule has 1 fully saturated rings. The van der Waals surface area contributed by atoms with Crippen LogP contribution in [0.2, 0.25) is 0 Å². The van der Waals surface area contributed by atoms with Crippen LogP contribution in [-0.4, -0.2) is 59.3 Å². The van der Waals surface area contributed by atoms with Crippen molar-refractivity contribution in [2.45, 2.75) is 37.7 Å². The van der Waals surface area contributed by atoms with E-state index in [1.807, 2.05) is 0 Å². The Balaban J connectivity index is 2.63. The topological polar surface area (TPSA) is 79.2 Å². The molecule has 1 aliphatic heterocycles. The van der Waals surface area contributed by atoms with Crippen LogP contribution in [-0.2, 0) is 9.47 Å². The molecule has 1 rings (SSSR count). The summed E-state index contributed by atoms with van der Waals surface area (Å²) in [5.74, 6) is 0. The van der Waals surface area contributed by atoms with Crippen LogP contribution in [0.5, 0.6) is 0 Å². The molecule has 0 aromatic rings. The molecule has 3 N–H and O–H groups in total. The molecule has 1 aliphatic rings. The van der Waals surface area contributed by atoms with Gasteiger partial charge in [0.1, 0.15) is 18.3 Å². The molecule has 0 bridgehead atoms. The number of rotatable bonds is 3. The highest BCUT2D eigenvalue weighted by molar-refractivity contribution is 4.89. The molecular formula is C8H15FO5. The van der Waals surface area contributed by atoms with Crippen molar-refractivity contribution in [3.63, 3.8) is 0 Å². The van der Waals surface area contributed by atoms with Gasteiger partial charge in [-0.2, -0.15) is 0 Å². The number of hydrogen-bond donors (Lipinski definition) is 3. The lowest BCUT2D eigenvalue weighted by molar-refractivity contribution is -0.289. The van der Waals surface area contributed by atoms with E-state index in [2.05, 4.69) is 0 Å². The molecule has 5 atom stereocenters. The molecule has 6 heteroatoms. The number of aliphatic hydroxyl groups is 3. The number of hydrogen-bond acceptors (Lipinski definition) is 5. The Hall–Kier alpha value is -0.270. The van der Waals surface area contributed by atoms with Crippen molar-refractivity contribution in [2.75, 3.05) is 13.2 Å². The molecule has 0 spiro atoms. The molecule has 0 aromatic heterocycles. The maximum absolute atomic E-state index is 13.2. The van der Waals surface area contributed by atoms with Crippen LogP contribution in [0.4, 0.5) is 4.39 Å². The quantitative estimate of drug-likeness (QED) is 0.544. The normalized spacial score (nSPS) is 43.9. The summed E-state index contributed by atoms with van der Waals surface area (Å²) in [5, 5.41) is 27.3. The third kappa shape index (κ3) is 2.21. The molecule has 0 amide bonds. The van der Waals surface area contributed by atoms with Crippen molar-refractivity contribution in [2.24, 2.45) is 0 Å². The molecule has 1 heterocycles. The van der Waals surface area contributed by atoms with E-state index in [4.69, 9.17) is 14.6 Å². The Bertz CT molecular complexity index is 175. The molecule has 0 radical (unpaired) electrons. The van der Waals surface area contributed by atoms with Gasteiger partial charge in [-0.25, -0.2) is 4.39 Å². The van der Waals surface area contributed by atoms with Gasteiger partial charge in [-0.15, -0.1) is 0 Å². The maximum atomic E-state index is 13.2. The van der Waals surface area contributed by atoms with Crippen LogP contribution in [0.1, 0.15) is 6.92 Å². The minimum Gasteiger partial charge on any atom is -0.394 e. The van der Waals surface area contributed by atoms with Gasteiger partial charge in [0, 0.05) is 6.61 Å². The maximum Gasteiger partial charge on any atom is 0.186 e. The summed E-state index contributed by atoms with van der Waals surface area (Å²) < 4.78 is 23.0. The van der Waals surface area contributed by atoms with Crippen molar-refractivity contribution in [1.29, 1.82) is 0 Å². The molecule has 0 aromatic carbocycles. The molecule has 1 saturated heterocycles. The highest BCUT2D eigenvalue weighted by Crippen LogP contribution is 2.23. The molecular weight excluding hydrogens is 194 g/mol. The van der Waals surface area contributed by atoms with Crippen molar-refractivity contribution >= 4 is 0 Å². The van der Waals surface area contributed by atoms with E-state index in [1.54, 1.807) is 6.92 Å². The second kappa shape index (κ2) is 4.99. The average molecular weight is 209 g/mol. The van der Waals surface area contributed by atoms with E-state index in [1.165, 1.54) is 0 Å². The van der Waals surface area contributed by atoms with E-state index in [-0.39, 0.29) is 6.61 Å². The summed E-state index contributed by atoms with van der Waals surface area (Å²) in [6, 6.07) is 0. The highest BCUT2D eigenvalue weighted by Gasteiger charge is 2.44. The Morgan fingerprint density at radius 3 is 2.50 bits per heavy atom. The van der Waals surface area contributed by atoms with Crippen LogP contribution >= 0.6 is 0 Å². The first kappa shape index (κ1) is 11.8. The van der Waals surface area contributed by atoms with E-state index >= 15 is 0 Å². The summed E-state index contributed by atoms with van der Waals surface area (Å²) in [6.07, 6.45) is -7.04. The molecule has 14 heavy (non-hydrogen) atoms. The van der Waals surface area contributed by atoms with E-state index < -0.39 is 37.4 Å². The van der Waals surface area contributed by atoms with Crippen LogP contribution in [0, 0.1) is 0 Å². The average Bonchev–Trinajstić information content (AvgIpc) is 2.19. The predicted octanol–water partition coefficient (Wildman–Crippen LogP) is -1.20. The van der Waals surface area contributed by atoms with Crippen LogP contribution < -0.4 is 0 Å². The molecule has 0 aliphatic carbocycles. The van der Waals surface area contributed by atoms with Crippen molar-refractivity contribution in [3.8, 4) is 0 Å². The molecule has 0 saturated carbocycles. The Kier molecular flexibility index (Phi) is 4.21. The monoisotopic (exact) mass is 209 g/mol. The van der Waals surface area contributed by atoms with Crippen LogP contribution in [0.25, 0.3) is 0 Å². The van der Waals surface area contributed by atoms with E-state index in [9.17, 15) is 14.6 Å². The fourth-order valence-electron chi connectivity index (χ4n) is 1.34. The lowest BCUT2D eigenvalue weighted by Crippen LogP contribution is -2.57. The Morgan fingerprint density at radius 2 is 2.00 bits per heavy atom. The van der Waals surface area contributed by atoms with Crippen molar-refractivity contribution in [3.05, 3.63) is 0 Å². The fraction of sp³-hybridized carbons (Fsp3) is 1.00. The van der Waals surface area contributed by atoms with Crippen molar-refractivity contribution < 1.29 is 29.2 Å². The summed E-state index contributed by atoms with van der Waals surface area (Å²) >= 11 is 0. The van der Waals surface area contributed by atoms with Gasteiger partial charge in [-0.1, -0.05) is 0 Å². The first-order valence-electron chi connectivity index (χ1n) is 4.50. The van der Waals surface area contributed by atoms with Crippen molar-refractivity contribution in [1.82, 2.24) is 0 Å². The van der Waals surface area contributed by atoms with Gasteiger partial charge in [-0.05, 0) is 6.92 Å². The second-order valence-electron chi connectivity index (χ2n) is 3.11. The Morgan fingerprint density at radius 1 is 1.36 bits per heavy atom. The first-order chi connectivity index (χ1) is 6.61. The number of alkyl halides is 1. The van der Waals surface area contributed by atoms with Gasteiger partial charge in [0.15, 0.2) is 12.5 Å². The van der Waals surface area contributed by atoms with Crippen LogP contribution in [0.3, 0.4) is 0 Å². The standard InChI is InChI=1S/C8H15FO5/c1-2-13-8-7(12)6(11)5(9)4(3-10)14-8/h4-8,10-12H,2-3H2,1H3/t4-,5+,6+,7-,8?/m1/s1/i9-1. The summed E-state index contributed by atoms with van der Waals surface area (Å²) in [5.41, 5.74) is 0. The summed E-state index contributed by atoms with van der Waals surface area (Å²) in [4.78, 5) is 0. The predicted molar refractivity (Wildman–Crippen MR) is 44.3 cm³/mol. The fourth-order valence-corrected chi connectivity index (χ4v) is 1.34. The zero-order valence-corrected chi connectivity index (χ0v) is 7.84.